The van der Waals surface area contributed by atoms with Gasteiger partial charge in [0.15, 0.2) is 11.5 Å². The number of pyridine rings is 1. The summed E-state index contributed by atoms with van der Waals surface area (Å²) in [4.78, 5) is 4.51. The van der Waals surface area contributed by atoms with Gasteiger partial charge in [-0.3, -0.25) is 0 Å². The number of rotatable bonds is 3. The molecular formula is C14H19ClN4. The highest BCUT2D eigenvalue weighted by Gasteiger charge is 2.14. The van der Waals surface area contributed by atoms with Crippen LogP contribution < -0.4 is 5.73 Å². The molecule has 102 valence electrons. The van der Waals surface area contributed by atoms with Gasteiger partial charge in [0.05, 0.1) is 16.9 Å². The number of aromatic nitrogens is 3. The smallest absolute Gasteiger partial charge is 0.157 e. The van der Waals surface area contributed by atoms with Crippen molar-refractivity contribution in [2.24, 2.45) is 5.92 Å². The van der Waals surface area contributed by atoms with E-state index in [4.69, 9.17) is 17.3 Å². The van der Waals surface area contributed by atoms with Gasteiger partial charge in [-0.05, 0) is 12.3 Å². The first-order chi connectivity index (χ1) is 9.22. The maximum atomic E-state index is 5.99. The molecule has 2 aromatic heterocycles. The number of nitrogens with two attached hydrogens (primary N) is 1. The van der Waals surface area contributed by atoms with Crippen LogP contribution in [0, 0.1) is 5.92 Å². The van der Waals surface area contributed by atoms with Gasteiger partial charge in [0.25, 0.3) is 0 Å². The van der Waals surface area contributed by atoms with Gasteiger partial charge in [-0.25, -0.2) is 9.50 Å². The van der Waals surface area contributed by atoms with Crippen molar-refractivity contribution in [1.82, 2.24) is 14.6 Å². The highest BCUT2D eigenvalue weighted by Crippen LogP contribution is 2.27. The molecule has 1 saturated carbocycles. The fraction of sp³-hybridized carbons (Fsp3) is 0.571. The zero-order valence-electron chi connectivity index (χ0n) is 11.0. The molecule has 0 aliphatic heterocycles. The Labute approximate surface area is 118 Å². The van der Waals surface area contributed by atoms with Gasteiger partial charge in [0, 0.05) is 12.5 Å². The molecule has 0 radical (unpaired) electrons. The van der Waals surface area contributed by atoms with Crippen molar-refractivity contribution >= 4 is 22.9 Å². The number of nitrogen functional groups attached to an aromatic ring is 1. The van der Waals surface area contributed by atoms with Gasteiger partial charge in [0.1, 0.15) is 0 Å². The second-order valence-electron chi connectivity index (χ2n) is 5.45. The van der Waals surface area contributed by atoms with Crippen LogP contribution in [0.25, 0.3) is 5.65 Å². The molecule has 0 aromatic carbocycles. The second kappa shape index (κ2) is 5.37. The topological polar surface area (TPSA) is 56.2 Å². The quantitative estimate of drug-likeness (QED) is 0.935. The van der Waals surface area contributed by atoms with E-state index in [1.165, 1.54) is 38.5 Å². The molecule has 19 heavy (non-hydrogen) atoms. The Morgan fingerprint density at radius 1 is 1.32 bits per heavy atom. The molecule has 0 amide bonds. The lowest BCUT2D eigenvalue weighted by molar-refractivity contribution is 0.337. The highest BCUT2D eigenvalue weighted by atomic mass is 35.5. The van der Waals surface area contributed by atoms with E-state index in [1.807, 2.05) is 0 Å². The predicted molar refractivity (Wildman–Crippen MR) is 77.3 cm³/mol. The molecule has 0 atom stereocenters. The Balaban J connectivity index is 1.70. The predicted octanol–water partition coefficient (Wildman–Crippen LogP) is 3.48. The SMILES string of the molecule is Nc1cn2nc(CCC3CCCCC3)nc2cc1Cl. The minimum Gasteiger partial charge on any atom is -0.396 e. The first-order valence-electron chi connectivity index (χ1n) is 7.02. The number of halogens is 1. The molecule has 3 rings (SSSR count). The van der Waals surface area contributed by atoms with E-state index in [1.54, 1.807) is 16.8 Å². The highest BCUT2D eigenvalue weighted by molar-refractivity contribution is 6.33. The average Bonchev–Trinajstić information content (AvgIpc) is 2.80. The number of aryl methyl sites for hydroxylation is 1. The summed E-state index contributed by atoms with van der Waals surface area (Å²) >= 11 is 5.99. The third-order valence-corrected chi connectivity index (χ3v) is 4.32. The summed E-state index contributed by atoms with van der Waals surface area (Å²) in [6.07, 6.45) is 10.8. The van der Waals surface area contributed by atoms with E-state index < -0.39 is 0 Å². The van der Waals surface area contributed by atoms with Gasteiger partial charge >= 0.3 is 0 Å². The van der Waals surface area contributed by atoms with Gasteiger partial charge < -0.3 is 5.73 Å². The van der Waals surface area contributed by atoms with E-state index in [0.29, 0.717) is 10.7 Å². The number of anilines is 1. The second-order valence-corrected chi connectivity index (χ2v) is 5.86. The lowest BCUT2D eigenvalue weighted by atomic mass is 9.86. The maximum absolute atomic E-state index is 5.99. The monoisotopic (exact) mass is 278 g/mol. The van der Waals surface area contributed by atoms with Crippen molar-refractivity contribution in [2.75, 3.05) is 5.73 Å². The van der Waals surface area contributed by atoms with Crippen molar-refractivity contribution in [1.29, 1.82) is 0 Å². The molecule has 0 spiro atoms. The Bertz CT molecular complexity index is 533. The maximum Gasteiger partial charge on any atom is 0.157 e. The average molecular weight is 279 g/mol. The van der Waals surface area contributed by atoms with Crippen LogP contribution in [0.2, 0.25) is 5.02 Å². The summed E-state index contributed by atoms with van der Waals surface area (Å²) < 4.78 is 1.72. The molecule has 1 aliphatic rings. The molecule has 2 N–H and O–H groups in total. The van der Waals surface area contributed by atoms with Crippen LogP contribution in [0.1, 0.15) is 44.3 Å². The van der Waals surface area contributed by atoms with Crippen LogP contribution in [0.15, 0.2) is 12.3 Å². The van der Waals surface area contributed by atoms with Crippen molar-refractivity contribution in [3.8, 4) is 0 Å². The summed E-state index contributed by atoms with van der Waals surface area (Å²) in [6, 6.07) is 1.77. The van der Waals surface area contributed by atoms with Crippen LogP contribution in [0.4, 0.5) is 5.69 Å². The molecule has 1 aliphatic carbocycles. The molecule has 4 nitrogen and oxygen atoms in total. The van der Waals surface area contributed by atoms with Crippen LogP contribution >= 0.6 is 11.6 Å². The fourth-order valence-electron chi connectivity index (χ4n) is 2.88. The van der Waals surface area contributed by atoms with Crippen LogP contribution in [-0.4, -0.2) is 14.6 Å². The van der Waals surface area contributed by atoms with Gasteiger partial charge in [0.2, 0.25) is 0 Å². The third-order valence-electron chi connectivity index (χ3n) is 4.00. The molecule has 2 aromatic rings. The minimum atomic E-state index is 0.540. The zero-order valence-corrected chi connectivity index (χ0v) is 11.7. The van der Waals surface area contributed by atoms with Crippen molar-refractivity contribution < 1.29 is 0 Å². The Hall–Kier alpha value is -1.29. The number of hydrogen-bond donors (Lipinski definition) is 1. The molecule has 1 fully saturated rings. The number of nitrogens with zero attached hydrogens (tertiary/aromatic N) is 3. The molecule has 0 bridgehead atoms. The Morgan fingerprint density at radius 3 is 2.89 bits per heavy atom. The van der Waals surface area contributed by atoms with E-state index in [9.17, 15) is 0 Å². The van der Waals surface area contributed by atoms with Crippen molar-refractivity contribution in [3.63, 3.8) is 0 Å². The molecule has 0 saturated heterocycles. The number of fused-ring (bicyclic) bond motifs is 1. The lowest BCUT2D eigenvalue weighted by Gasteiger charge is -2.20. The van der Waals surface area contributed by atoms with Crippen LogP contribution in [-0.2, 0) is 6.42 Å². The van der Waals surface area contributed by atoms with E-state index in [2.05, 4.69) is 10.1 Å². The van der Waals surface area contributed by atoms with Crippen molar-refractivity contribution in [2.45, 2.75) is 44.9 Å². The lowest BCUT2D eigenvalue weighted by Crippen LogP contribution is -2.07. The third kappa shape index (κ3) is 2.84. The largest absolute Gasteiger partial charge is 0.396 e. The van der Waals surface area contributed by atoms with E-state index in [-0.39, 0.29) is 0 Å². The molecule has 5 heteroatoms. The number of hydrogen-bond acceptors (Lipinski definition) is 3. The summed E-state index contributed by atoms with van der Waals surface area (Å²) in [6.45, 7) is 0. The van der Waals surface area contributed by atoms with Gasteiger partial charge in [-0.2, -0.15) is 5.10 Å². The Morgan fingerprint density at radius 2 is 2.11 bits per heavy atom. The van der Waals surface area contributed by atoms with Crippen LogP contribution in [0.3, 0.4) is 0 Å². The summed E-state index contributed by atoms with van der Waals surface area (Å²) in [7, 11) is 0. The Kier molecular flexibility index (Phi) is 3.60. The van der Waals surface area contributed by atoms with E-state index in [0.717, 1.165) is 23.8 Å². The molecule has 0 unspecified atom stereocenters. The van der Waals surface area contributed by atoms with Crippen molar-refractivity contribution in [3.05, 3.63) is 23.1 Å². The normalized spacial score (nSPS) is 17.1. The van der Waals surface area contributed by atoms with E-state index >= 15 is 0 Å². The standard InChI is InChI=1S/C14H19ClN4/c15-11-8-14-17-13(18-19(14)9-12(11)16)7-6-10-4-2-1-3-5-10/h8-10H,1-7,16H2. The summed E-state index contributed by atoms with van der Waals surface area (Å²) in [5.41, 5.74) is 7.08. The minimum absolute atomic E-state index is 0.540. The molecule has 2 heterocycles. The first-order valence-corrected chi connectivity index (χ1v) is 7.40. The molecular weight excluding hydrogens is 260 g/mol. The van der Waals surface area contributed by atoms with Gasteiger partial charge in [-0.1, -0.05) is 43.7 Å². The van der Waals surface area contributed by atoms with Gasteiger partial charge in [-0.15, -0.1) is 0 Å². The summed E-state index contributed by atoms with van der Waals surface area (Å²) in [5.74, 6) is 1.75. The fourth-order valence-corrected chi connectivity index (χ4v) is 3.03. The first kappa shape index (κ1) is 12.7. The zero-order chi connectivity index (χ0) is 13.2. The summed E-state index contributed by atoms with van der Waals surface area (Å²) in [5, 5.41) is 5.01. The van der Waals surface area contributed by atoms with Crippen LogP contribution in [0.5, 0.6) is 0 Å².